The molecule has 0 radical (unpaired) electrons. The van der Waals surface area contributed by atoms with Gasteiger partial charge in [-0.1, -0.05) is 22.9 Å². The van der Waals surface area contributed by atoms with E-state index in [-0.39, 0.29) is 6.04 Å². The van der Waals surface area contributed by atoms with Crippen LogP contribution in [0.15, 0.2) is 28.8 Å². The highest BCUT2D eigenvalue weighted by Gasteiger charge is 2.10. The lowest BCUT2D eigenvalue weighted by Gasteiger charge is -2.14. The first kappa shape index (κ1) is 14.6. The van der Waals surface area contributed by atoms with Crippen molar-refractivity contribution in [2.75, 3.05) is 7.11 Å². The van der Waals surface area contributed by atoms with Crippen LogP contribution >= 0.6 is 0 Å². The first-order chi connectivity index (χ1) is 9.60. The molecule has 0 amide bonds. The van der Waals surface area contributed by atoms with Gasteiger partial charge in [0.25, 0.3) is 0 Å². The van der Waals surface area contributed by atoms with E-state index in [4.69, 9.17) is 19.7 Å². The first-order valence-electron chi connectivity index (χ1n) is 6.52. The van der Waals surface area contributed by atoms with Crippen molar-refractivity contribution in [3.05, 3.63) is 46.8 Å². The Morgan fingerprint density at radius 3 is 2.80 bits per heavy atom. The number of hydrogen-bond acceptors (Lipinski definition) is 5. The van der Waals surface area contributed by atoms with E-state index in [9.17, 15) is 0 Å². The zero-order valence-electron chi connectivity index (χ0n) is 12.1. The van der Waals surface area contributed by atoms with Gasteiger partial charge in [0.15, 0.2) is 5.76 Å². The van der Waals surface area contributed by atoms with Gasteiger partial charge >= 0.3 is 0 Å². The third-order valence-corrected chi connectivity index (χ3v) is 2.93. The average molecular weight is 276 g/mol. The second-order valence-corrected chi connectivity index (χ2v) is 4.84. The number of ether oxygens (including phenoxy) is 2. The predicted octanol–water partition coefficient (Wildman–Crippen LogP) is 2.73. The number of rotatable bonds is 6. The second kappa shape index (κ2) is 6.54. The zero-order valence-corrected chi connectivity index (χ0v) is 12.1. The van der Waals surface area contributed by atoms with Gasteiger partial charge in [-0.3, -0.25) is 0 Å². The van der Waals surface area contributed by atoms with E-state index < -0.39 is 0 Å². The van der Waals surface area contributed by atoms with Crippen LogP contribution in [0.4, 0.5) is 0 Å². The van der Waals surface area contributed by atoms with E-state index in [1.54, 1.807) is 7.11 Å². The molecule has 5 nitrogen and oxygen atoms in total. The number of nitrogens with zero attached hydrogens (tertiary/aromatic N) is 1. The van der Waals surface area contributed by atoms with Crippen molar-refractivity contribution in [3.8, 4) is 5.75 Å². The zero-order chi connectivity index (χ0) is 14.5. The quantitative estimate of drug-likeness (QED) is 0.878. The Morgan fingerprint density at radius 1 is 1.30 bits per heavy atom. The van der Waals surface area contributed by atoms with Gasteiger partial charge in [-0.05, 0) is 19.9 Å². The maximum absolute atomic E-state index is 5.97. The maximum atomic E-state index is 5.97. The Bertz CT molecular complexity index is 564. The third-order valence-electron chi connectivity index (χ3n) is 2.93. The van der Waals surface area contributed by atoms with Crippen molar-refractivity contribution in [2.45, 2.75) is 33.1 Å². The monoisotopic (exact) mass is 276 g/mol. The molecule has 0 saturated heterocycles. The highest BCUT2D eigenvalue weighted by atomic mass is 16.5. The van der Waals surface area contributed by atoms with Gasteiger partial charge in [0.05, 0.1) is 0 Å². The summed E-state index contributed by atoms with van der Waals surface area (Å²) in [6.45, 7) is 4.72. The van der Waals surface area contributed by atoms with Crippen LogP contribution in [0.1, 0.15) is 35.5 Å². The molecule has 20 heavy (non-hydrogen) atoms. The summed E-state index contributed by atoms with van der Waals surface area (Å²) < 4.78 is 15.9. The molecular weight excluding hydrogens is 256 g/mol. The molecule has 0 aliphatic rings. The van der Waals surface area contributed by atoms with Crippen molar-refractivity contribution >= 4 is 0 Å². The van der Waals surface area contributed by atoms with Crippen molar-refractivity contribution < 1.29 is 14.0 Å². The second-order valence-electron chi connectivity index (χ2n) is 4.84. The van der Waals surface area contributed by atoms with Crippen molar-refractivity contribution in [1.29, 1.82) is 0 Å². The molecule has 0 saturated carbocycles. The molecule has 0 fully saturated rings. The molecule has 0 bridgehead atoms. The van der Waals surface area contributed by atoms with Crippen molar-refractivity contribution in [1.82, 2.24) is 5.16 Å². The fourth-order valence-corrected chi connectivity index (χ4v) is 1.94. The number of hydrogen-bond donors (Lipinski definition) is 1. The Kier molecular flexibility index (Phi) is 4.76. The largest absolute Gasteiger partial charge is 0.487 e. The van der Waals surface area contributed by atoms with Crippen LogP contribution in [0.5, 0.6) is 5.75 Å². The van der Waals surface area contributed by atoms with Crippen LogP contribution in [0.2, 0.25) is 0 Å². The molecule has 0 spiro atoms. The molecule has 0 unspecified atom stereocenters. The first-order valence-corrected chi connectivity index (χ1v) is 6.52. The summed E-state index contributed by atoms with van der Waals surface area (Å²) in [5, 5.41) is 3.93. The Hall–Kier alpha value is -1.85. The smallest absolute Gasteiger partial charge is 0.162 e. The predicted molar refractivity (Wildman–Crippen MR) is 75.3 cm³/mol. The van der Waals surface area contributed by atoms with Crippen LogP contribution in [0, 0.1) is 6.92 Å². The Labute approximate surface area is 118 Å². The van der Waals surface area contributed by atoms with Crippen LogP contribution < -0.4 is 10.5 Å². The summed E-state index contributed by atoms with van der Waals surface area (Å²) in [7, 11) is 1.61. The van der Waals surface area contributed by atoms with Gasteiger partial charge < -0.3 is 19.7 Å². The summed E-state index contributed by atoms with van der Waals surface area (Å²) in [6.07, 6.45) is 0. The van der Waals surface area contributed by atoms with E-state index in [2.05, 4.69) is 5.16 Å². The molecule has 2 rings (SSSR count). The number of benzene rings is 1. The number of aromatic nitrogens is 1. The highest BCUT2D eigenvalue weighted by Crippen LogP contribution is 2.25. The molecule has 2 N–H and O–H groups in total. The lowest BCUT2D eigenvalue weighted by molar-refractivity contribution is 0.155. The van der Waals surface area contributed by atoms with Gasteiger partial charge in [-0.2, -0.15) is 0 Å². The summed E-state index contributed by atoms with van der Waals surface area (Å²) in [5.41, 5.74) is 8.85. The van der Waals surface area contributed by atoms with Crippen LogP contribution in [0.25, 0.3) is 0 Å². The molecule has 1 aromatic heterocycles. The molecule has 5 heteroatoms. The molecule has 108 valence electrons. The topological polar surface area (TPSA) is 70.5 Å². The maximum Gasteiger partial charge on any atom is 0.162 e. The van der Waals surface area contributed by atoms with E-state index in [1.807, 2.05) is 38.1 Å². The van der Waals surface area contributed by atoms with Gasteiger partial charge in [-0.15, -0.1) is 0 Å². The lowest BCUT2D eigenvalue weighted by Crippen LogP contribution is -2.08. The molecule has 0 aliphatic heterocycles. The van der Waals surface area contributed by atoms with E-state index in [1.165, 1.54) is 0 Å². The minimum Gasteiger partial charge on any atom is -0.487 e. The highest BCUT2D eigenvalue weighted by molar-refractivity contribution is 5.38. The molecule has 2 aromatic rings. The molecule has 1 heterocycles. The number of aryl methyl sites for hydroxylation is 1. The van der Waals surface area contributed by atoms with E-state index in [0.717, 1.165) is 22.6 Å². The average Bonchev–Trinajstić information content (AvgIpc) is 2.85. The summed E-state index contributed by atoms with van der Waals surface area (Å²) >= 11 is 0. The molecular formula is C15H20N2O3. The fraction of sp³-hybridized carbons (Fsp3) is 0.400. The van der Waals surface area contributed by atoms with E-state index >= 15 is 0 Å². The van der Waals surface area contributed by atoms with Crippen LogP contribution in [-0.2, 0) is 18.0 Å². The lowest BCUT2D eigenvalue weighted by atomic mass is 10.1. The van der Waals surface area contributed by atoms with Gasteiger partial charge in [0.2, 0.25) is 0 Å². The summed E-state index contributed by atoms with van der Waals surface area (Å²) in [5.74, 6) is 1.46. The van der Waals surface area contributed by atoms with Crippen molar-refractivity contribution in [3.63, 3.8) is 0 Å². The Balaban J connectivity index is 2.06. The number of nitrogens with two attached hydrogens (primary N) is 1. The van der Waals surface area contributed by atoms with Crippen LogP contribution in [0.3, 0.4) is 0 Å². The van der Waals surface area contributed by atoms with Crippen LogP contribution in [-0.4, -0.2) is 12.3 Å². The van der Waals surface area contributed by atoms with Gasteiger partial charge in [-0.25, -0.2) is 0 Å². The van der Waals surface area contributed by atoms with Gasteiger partial charge in [0, 0.05) is 24.8 Å². The third kappa shape index (κ3) is 3.59. The number of methoxy groups -OCH3 is 1. The van der Waals surface area contributed by atoms with Gasteiger partial charge in [0.1, 0.15) is 24.7 Å². The minimum atomic E-state index is -0.0775. The SMILES string of the molecule is COCc1cc(COc2ccc(C)cc2[C@@H](C)N)no1. The van der Waals surface area contributed by atoms with E-state index in [0.29, 0.717) is 19.0 Å². The molecule has 0 aliphatic carbocycles. The summed E-state index contributed by atoms with van der Waals surface area (Å²) in [6, 6.07) is 7.72. The Morgan fingerprint density at radius 2 is 2.10 bits per heavy atom. The normalized spacial score (nSPS) is 12.4. The molecule has 1 atom stereocenters. The minimum absolute atomic E-state index is 0.0775. The molecule has 1 aromatic carbocycles. The summed E-state index contributed by atoms with van der Waals surface area (Å²) in [4.78, 5) is 0. The fourth-order valence-electron chi connectivity index (χ4n) is 1.94. The standard InChI is InChI=1S/C15H20N2O3/c1-10-4-5-15(14(6-10)11(2)16)19-8-12-7-13(9-18-3)20-17-12/h4-7,11H,8-9,16H2,1-3H3/t11-/m1/s1. The van der Waals surface area contributed by atoms with Crippen molar-refractivity contribution in [2.24, 2.45) is 5.73 Å².